The molecule has 19 heavy (non-hydrogen) atoms. The van der Waals surface area contributed by atoms with E-state index in [0.717, 1.165) is 29.9 Å². The molecule has 1 aromatic carbocycles. The van der Waals surface area contributed by atoms with E-state index in [-0.39, 0.29) is 24.2 Å². The van der Waals surface area contributed by atoms with Crippen molar-refractivity contribution < 1.29 is 5.11 Å². The number of halogens is 1. The predicted octanol–water partition coefficient (Wildman–Crippen LogP) is 3.63. The summed E-state index contributed by atoms with van der Waals surface area (Å²) in [4.78, 5) is 2.19. The first-order chi connectivity index (χ1) is 8.49. The second-order valence-electron chi connectivity index (χ2n) is 4.68. The van der Waals surface area contributed by atoms with Gasteiger partial charge in [-0.15, -0.1) is 19.0 Å². The van der Waals surface area contributed by atoms with Gasteiger partial charge in [0.15, 0.2) is 0 Å². The highest BCUT2D eigenvalue weighted by Gasteiger charge is 2.12. The Hall–Kier alpha value is -1.19. The van der Waals surface area contributed by atoms with Gasteiger partial charge in [0.2, 0.25) is 0 Å². The van der Waals surface area contributed by atoms with Gasteiger partial charge in [0, 0.05) is 36.4 Å². The monoisotopic (exact) mass is 284 g/mol. The van der Waals surface area contributed by atoms with Gasteiger partial charge in [-0.2, -0.15) is 0 Å². The van der Waals surface area contributed by atoms with Crippen LogP contribution < -0.4 is 10.6 Å². The Labute approximate surface area is 122 Å². The number of nitrogens with two attached hydrogens (primary N) is 1. The molecule has 0 saturated heterocycles. The zero-order chi connectivity index (χ0) is 13.7. The molecule has 0 aliphatic rings. The van der Waals surface area contributed by atoms with Crippen molar-refractivity contribution in [2.24, 2.45) is 5.73 Å². The molecule has 0 heterocycles. The highest BCUT2D eigenvalue weighted by molar-refractivity contribution is 5.85. The number of hydrogen-bond acceptors (Lipinski definition) is 3. The highest BCUT2D eigenvalue weighted by atomic mass is 35.5. The SMILES string of the molecule is C=C(C)C[C@H](N)c1ccc(N(CC)CC)cc1O.Cl. The molecule has 0 amide bonds. The first-order valence-electron chi connectivity index (χ1n) is 6.47. The summed E-state index contributed by atoms with van der Waals surface area (Å²) in [6, 6.07) is 5.53. The van der Waals surface area contributed by atoms with Crippen LogP contribution in [0.1, 0.15) is 38.8 Å². The summed E-state index contributed by atoms with van der Waals surface area (Å²) in [6.45, 7) is 11.8. The molecule has 0 bridgehead atoms. The van der Waals surface area contributed by atoms with E-state index in [1.165, 1.54) is 0 Å². The molecule has 0 aromatic heterocycles. The Morgan fingerprint density at radius 1 is 1.37 bits per heavy atom. The molecule has 108 valence electrons. The summed E-state index contributed by atoms with van der Waals surface area (Å²) < 4.78 is 0. The molecule has 0 aliphatic heterocycles. The number of phenolic OH excluding ortho intramolecular Hbond substituents is 1. The largest absolute Gasteiger partial charge is 0.508 e. The van der Waals surface area contributed by atoms with Gasteiger partial charge in [0.1, 0.15) is 5.75 Å². The molecule has 1 atom stereocenters. The Balaban J connectivity index is 0.00000324. The number of aromatic hydroxyl groups is 1. The summed E-state index contributed by atoms with van der Waals surface area (Å²) in [5.41, 5.74) is 8.89. The molecule has 1 rings (SSSR count). The van der Waals surface area contributed by atoms with Crippen LogP contribution in [0.2, 0.25) is 0 Å². The number of hydrogen-bond donors (Lipinski definition) is 2. The summed E-state index contributed by atoms with van der Waals surface area (Å²) in [5, 5.41) is 10.1. The quantitative estimate of drug-likeness (QED) is 0.785. The average Bonchev–Trinajstić information content (AvgIpc) is 2.29. The molecule has 0 saturated carbocycles. The molecule has 0 fully saturated rings. The number of nitrogens with zero attached hydrogens (tertiary/aromatic N) is 1. The highest BCUT2D eigenvalue weighted by Crippen LogP contribution is 2.30. The van der Waals surface area contributed by atoms with E-state index >= 15 is 0 Å². The lowest BCUT2D eigenvalue weighted by Crippen LogP contribution is -2.21. The number of anilines is 1. The van der Waals surface area contributed by atoms with E-state index in [1.54, 1.807) is 6.07 Å². The first kappa shape index (κ1) is 17.8. The van der Waals surface area contributed by atoms with Crippen LogP contribution in [0.25, 0.3) is 0 Å². The van der Waals surface area contributed by atoms with E-state index in [1.807, 2.05) is 19.1 Å². The smallest absolute Gasteiger partial charge is 0.122 e. The molecular formula is C15H25ClN2O. The zero-order valence-corrected chi connectivity index (χ0v) is 12.8. The fraction of sp³-hybridized carbons (Fsp3) is 0.467. The Bertz CT molecular complexity index is 417. The van der Waals surface area contributed by atoms with Gasteiger partial charge in [-0.25, -0.2) is 0 Å². The Morgan fingerprint density at radius 2 is 1.95 bits per heavy atom. The molecule has 0 aliphatic carbocycles. The molecule has 0 radical (unpaired) electrons. The molecular weight excluding hydrogens is 260 g/mol. The van der Waals surface area contributed by atoms with Crippen molar-refractivity contribution >= 4 is 18.1 Å². The van der Waals surface area contributed by atoms with Crippen molar-refractivity contribution in [2.75, 3.05) is 18.0 Å². The van der Waals surface area contributed by atoms with E-state index in [4.69, 9.17) is 5.73 Å². The number of phenols is 1. The van der Waals surface area contributed by atoms with E-state index in [9.17, 15) is 5.11 Å². The van der Waals surface area contributed by atoms with Gasteiger partial charge in [0.25, 0.3) is 0 Å². The van der Waals surface area contributed by atoms with Crippen molar-refractivity contribution in [1.29, 1.82) is 0 Å². The molecule has 0 unspecified atom stereocenters. The minimum Gasteiger partial charge on any atom is -0.508 e. The summed E-state index contributed by atoms with van der Waals surface area (Å²) in [7, 11) is 0. The van der Waals surface area contributed by atoms with Crippen LogP contribution in [-0.4, -0.2) is 18.2 Å². The lowest BCUT2D eigenvalue weighted by molar-refractivity contribution is 0.461. The van der Waals surface area contributed by atoms with Crippen LogP contribution >= 0.6 is 12.4 Å². The molecule has 1 aromatic rings. The van der Waals surface area contributed by atoms with Crippen LogP contribution in [0.5, 0.6) is 5.75 Å². The Kier molecular flexibility index (Phi) is 7.57. The van der Waals surface area contributed by atoms with Gasteiger partial charge in [-0.05, 0) is 33.3 Å². The zero-order valence-electron chi connectivity index (χ0n) is 12.0. The van der Waals surface area contributed by atoms with Gasteiger partial charge >= 0.3 is 0 Å². The summed E-state index contributed by atoms with van der Waals surface area (Å²) >= 11 is 0. The van der Waals surface area contributed by atoms with Crippen LogP contribution in [0, 0.1) is 0 Å². The second-order valence-corrected chi connectivity index (χ2v) is 4.68. The fourth-order valence-electron chi connectivity index (χ4n) is 2.12. The number of rotatable bonds is 6. The lowest BCUT2D eigenvalue weighted by Gasteiger charge is -2.22. The third-order valence-corrected chi connectivity index (χ3v) is 3.11. The van der Waals surface area contributed by atoms with E-state index in [0.29, 0.717) is 6.42 Å². The minimum absolute atomic E-state index is 0. The van der Waals surface area contributed by atoms with Crippen LogP contribution in [0.15, 0.2) is 30.4 Å². The Morgan fingerprint density at radius 3 is 2.37 bits per heavy atom. The first-order valence-corrected chi connectivity index (χ1v) is 6.47. The molecule has 0 spiro atoms. The van der Waals surface area contributed by atoms with Gasteiger partial charge in [0.05, 0.1) is 0 Å². The fourth-order valence-corrected chi connectivity index (χ4v) is 2.12. The second kappa shape index (κ2) is 8.08. The maximum atomic E-state index is 10.1. The summed E-state index contributed by atoms with van der Waals surface area (Å²) in [5.74, 6) is 0.271. The lowest BCUT2D eigenvalue weighted by atomic mass is 10.00. The maximum absolute atomic E-state index is 10.1. The van der Waals surface area contributed by atoms with Crippen molar-refractivity contribution in [2.45, 2.75) is 33.2 Å². The number of benzene rings is 1. The van der Waals surface area contributed by atoms with E-state index < -0.39 is 0 Å². The minimum atomic E-state index is -0.187. The van der Waals surface area contributed by atoms with Crippen molar-refractivity contribution in [1.82, 2.24) is 0 Å². The van der Waals surface area contributed by atoms with Gasteiger partial charge < -0.3 is 15.7 Å². The van der Waals surface area contributed by atoms with Crippen LogP contribution in [0.3, 0.4) is 0 Å². The summed E-state index contributed by atoms with van der Waals surface area (Å²) in [6.07, 6.45) is 0.693. The molecule has 3 N–H and O–H groups in total. The van der Waals surface area contributed by atoms with Crippen LogP contribution in [0.4, 0.5) is 5.69 Å². The predicted molar refractivity (Wildman–Crippen MR) is 85.3 cm³/mol. The van der Waals surface area contributed by atoms with E-state index in [2.05, 4.69) is 25.3 Å². The topological polar surface area (TPSA) is 49.5 Å². The normalized spacial score (nSPS) is 11.6. The molecule has 3 nitrogen and oxygen atoms in total. The third-order valence-electron chi connectivity index (χ3n) is 3.11. The van der Waals surface area contributed by atoms with Crippen molar-refractivity contribution in [3.05, 3.63) is 35.9 Å². The average molecular weight is 285 g/mol. The van der Waals surface area contributed by atoms with Crippen molar-refractivity contribution in [3.8, 4) is 5.75 Å². The molecule has 4 heteroatoms. The van der Waals surface area contributed by atoms with Gasteiger partial charge in [-0.3, -0.25) is 0 Å². The van der Waals surface area contributed by atoms with Gasteiger partial charge in [-0.1, -0.05) is 11.6 Å². The van der Waals surface area contributed by atoms with Crippen LogP contribution in [-0.2, 0) is 0 Å². The maximum Gasteiger partial charge on any atom is 0.122 e. The standard InChI is InChI=1S/C15H24N2O.ClH/c1-5-17(6-2)12-7-8-13(15(18)10-12)14(16)9-11(3)4;/h7-8,10,14,18H,3,5-6,9,16H2,1-2,4H3;1H/t14-;/m0./s1. The van der Waals surface area contributed by atoms with Crippen molar-refractivity contribution in [3.63, 3.8) is 0 Å². The third kappa shape index (κ3) is 4.77.